The van der Waals surface area contributed by atoms with Crippen molar-refractivity contribution in [3.05, 3.63) is 57.9 Å². The van der Waals surface area contributed by atoms with Crippen LogP contribution in [0.2, 0.25) is 0 Å². The Kier molecular flexibility index (Phi) is 5.16. The van der Waals surface area contributed by atoms with Gasteiger partial charge < -0.3 is 4.57 Å². The fourth-order valence-electron chi connectivity index (χ4n) is 2.58. The molecule has 3 nitrogen and oxygen atoms in total. The van der Waals surface area contributed by atoms with Crippen LogP contribution >= 0.6 is 0 Å². The van der Waals surface area contributed by atoms with E-state index in [4.69, 9.17) is 5.26 Å². The molecule has 0 spiro atoms. The third-order valence-electron chi connectivity index (χ3n) is 3.84. The van der Waals surface area contributed by atoms with E-state index in [2.05, 4.69) is 51.1 Å². The molecule has 0 N–H and O–H groups in total. The van der Waals surface area contributed by atoms with Gasteiger partial charge in [0, 0.05) is 12.1 Å². The fraction of sp³-hybridized carbons (Fsp3) is 0.368. The minimum absolute atomic E-state index is 0.0474. The maximum atomic E-state index is 12.5. The van der Waals surface area contributed by atoms with E-state index in [1.807, 2.05) is 6.07 Å². The summed E-state index contributed by atoms with van der Waals surface area (Å²) in [5.74, 6) is 0.491. The molecule has 0 bridgehead atoms. The van der Waals surface area contributed by atoms with Crippen LogP contribution < -0.4 is 5.56 Å². The highest BCUT2D eigenvalue weighted by molar-refractivity contribution is 5.60. The first-order valence-corrected chi connectivity index (χ1v) is 7.78. The SMILES string of the molecule is CCCn1c(-c2ccc(C(C)C)cc2)ccc(CC#N)c1=O. The largest absolute Gasteiger partial charge is 0.308 e. The van der Waals surface area contributed by atoms with E-state index in [-0.39, 0.29) is 12.0 Å². The van der Waals surface area contributed by atoms with Crippen LogP contribution in [-0.2, 0) is 13.0 Å². The van der Waals surface area contributed by atoms with E-state index < -0.39 is 0 Å². The van der Waals surface area contributed by atoms with E-state index in [1.54, 1.807) is 10.6 Å². The van der Waals surface area contributed by atoms with Crippen LogP contribution in [0.1, 0.15) is 44.2 Å². The number of nitrogens with zero attached hydrogens (tertiary/aromatic N) is 2. The second-order valence-corrected chi connectivity index (χ2v) is 5.81. The number of nitriles is 1. The summed E-state index contributed by atoms with van der Waals surface area (Å²) in [6.45, 7) is 7.05. The van der Waals surface area contributed by atoms with E-state index >= 15 is 0 Å². The van der Waals surface area contributed by atoms with Crippen LogP contribution in [0.25, 0.3) is 11.3 Å². The second-order valence-electron chi connectivity index (χ2n) is 5.81. The minimum atomic E-state index is -0.0474. The molecular weight excluding hydrogens is 272 g/mol. The molecule has 0 aliphatic heterocycles. The summed E-state index contributed by atoms with van der Waals surface area (Å²) in [6.07, 6.45) is 1.04. The highest BCUT2D eigenvalue weighted by Crippen LogP contribution is 2.22. The summed E-state index contributed by atoms with van der Waals surface area (Å²) < 4.78 is 1.79. The highest BCUT2D eigenvalue weighted by atomic mass is 16.1. The molecule has 0 radical (unpaired) electrons. The van der Waals surface area contributed by atoms with E-state index in [1.165, 1.54) is 5.56 Å². The first-order chi connectivity index (χ1) is 10.6. The highest BCUT2D eigenvalue weighted by Gasteiger charge is 2.10. The van der Waals surface area contributed by atoms with Crippen LogP contribution in [-0.4, -0.2) is 4.57 Å². The number of benzene rings is 1. The average molecular weight is 294 g/mol. The molecular formula is C19H22N2O. The summed E-state index contributed by atoms with van der Waals surface area (Å²) in [4.78, 5) is 12.5. The van der Waals surface area contributed by atoms with Gasteiger partial charge in [-0.25, -0.2) is 0 Å². The first-order valence-electron chi connectivity index (χ1n) is 7.78. The Balaban J connectivity index is 2.52. The van der Waals surface area contributed by atoms with Gasteiger partial charge in [0.25, 0.3) is 5.56 Å². The van der Waals surface area contributed by atoms with Gasteiger partial charge in [-0.1, -0.05) is 51.1 Å². The molecule has 0 unspecified atom stereocenters. The first kappa shape index (κ1) is 16.0. The molecule has 114 valence electrons. The van der Waals surface area contributed by atoms with Gasteiger partial charge in [-0.15, -0.1) is 0 Å². The number of hydrogen-bond acceptors (Lipinski definition) is 2. The topological polar surface area (TPSA) is 45.8 Å². The molecule has 0 saturated carbocycles. The summed E-state index contributed by atoms with van der Waals surface area (Å²) in [5.41, 5.74) is 3.77. The van der Waals surface area contributed by atoms with Crippen molar-refractivity contribution >= 4 is 0 Å². The molecule has 1 aromatic carbocycles. The van der Waals surface area contributed by atoms with Crippen LogP contribution in [0.4, 0.5) is 0 Å². The second kappa shape index (κ2) is 7.09. The number of rotatable bonds is 5. The summed E-state index contributed by atoms with van der Waals surface area (Å²) in [5, 5.41) is 8.84. The predicted octanol–water partition coefficient (Wildman–Crippen LogP) is 4.11. The lowest BCUT2D eigenvalue weighted by Gasteiger charge is -2.14. The Morgan fingerprint density at radius 2 is 1.82 bits per heavy atom. The molecule has 0 amide bonds. The third-order valence-corrected chi connectivity index (χ3v) is 3.84. The smallest absolute Gasteiger partial charge is 0.255 e. The molecule has 1 heterocycles. The van der Waals surface area contributed by atoms with Crippen molar-refractivity contribution in [1.82, 2.24) is 4.57 Å². The molecule has 3 heteroatoms. The molecule has 2 aromatic rings. The zero-order valence-electron chi connectivity index (χ0n) is 13.5. The summed E-state index contributed by atoms with van der Waals surface area (Å²) in [7, 11) is 0. The molecule has 2 rings (SSSR count). The molecule has 0 saturated heterocycles. The Hall–Kier alpha value is -2.34. The van der Waals surface area contributed by atoms with Gasteiger partial charge in [-0.3, -0.25) is 4.79 Å². The van der Waals surface area contributed by atoms with Crippen LogP contribution in [0.15, 0.2) is 41.2 Å². The Morgan fingerprint density at radius 1 is 1.14 bits per heavy atom. The quantitative estimate of drug-likeness (QED) is 0.833. The Labute approximate surface area is 131 Å². The van der Waals surface area contributed by atoms with E-state index in [0.717, 1.165) is 17.7 Å². The van der Waals surface area contributed by atoms with Crippen LogP contribution in [0.5, 0.6) is 0 Å². The molecule has 0 fully saturated rings. The van der Waals surface area contributed by atoms with Crippen molar-refractivity contribution in [3.8, 4) is 17.3 Å². The number of pyridine rings is 1. The number of aromatic nitrogens is 1. The fourth-order valence-corrected chi connectivity index (χ4v) is 2.58. The van der Waals surface area contributed by atoms with E-state index in [0.29, 0.717) is 18.0 Å². The van der Waals surface area contributed by atoms with Gasteiger partial charge in [0.05, 0.1) is 18.2 Å². The monoisotopic (exact) mass is 294 g/mol. The van der Waals surface area contributed by atoms with Crippen molar-refractivity contribution in [3.63, 3.8) is 0 Å². The van der Waals surface area contributed by atoms with Crippen molar-refractivity contribution in [1.29, 1.82) is 5.26 Å². The van der Waals surface area contributed by atoms with Crippen molar-refractivity contribution in [2.45, 2.75) is 46.1 Å². The maximum Gasteiger partial charge on any atom is 0.255 e. The lowest BCUT2D eigenvalue weighted by Crippen LogP contribution is -2.24. The van der Waals surface area contributed by atoms with E-state index in [9.17, 15) is 4.79 Å². The Bertz CT molecular complexity index is 734. The van der Waals surface area contributed by atoms with Crippen LogP contribution in [0.3, 0.4) is 0 Å². The molecule has 0 atom stereocenters. The van der Waals surface area contributed by atoms with Gasteiger partial charge in [0.2, 0.25) is 0 Å². The third kappa shape index (κ3) is 3.28. The maximum absolute atomic E-state index is 12.5. The Morgan fingerprint density at radius 3 is 2.36 bits per heavy atom. The van der Waals surface area contributed by atoms with Crippen LogP contribution in [0, 0.1) is 11.3 Å². The van der Waals surface area contributed by atoms with Gasteiger partial charge in [0.15, 0.2) is 0 Å². The summed E-state index contributed by atoms with van der Waals surface area (Å²) >= 11 is 0. The predicted molar refractivity (Wildman–Crippen MR) is 89.8 cm³/mol. The zero-order valence-corrected chi connectivity index (χ0v) is 13.5. The average Bonchev–Trinajstić information content (AvgIpc) is 2.52. The van der Waals surface area contributed by atoms with Gasteiger partial charge in [-0.2, -0.15) is 5.26 Å². The zero-order chi connectivity index (χ0) is 16.1. The molecule has 0 aliphatic rings. The minimum Gasteiger partial charge on any atom is -0.308 e. The molecule has 22 heavy (non-hydrogen) atoms. The van der Waals surface area contributed by atoms with Crippen molar-refractivity contribution in [2.24, 2.45) is 0 Å². The van der Waals surface area contributed by atoms with Gasteiger partial charge in [0.1, 0.15) is 0 Å². The standard InChI is InChI=1S/C19H22N2O/c1-4-13-21-18(10-9-17(11-12-20)19(21)22)16-7-5-15(6-8-16)14(2)3/h5-10,14H,4,11,13H2,1-3H3. The van der Waals surface area contributed by atoms with Crippen molar-refractivity contribution in [2.75, 3.05) is 0 Å². The normalized spacial score (nSPS) is 10.7. The lowest BCUT2D eigenvalue weighted by atomic mass is 10.00. The lowest BCUT2D eigenvalue weighted by molar-refractivity contribution is 0.656. The molecule has 1 aromatic heterocycles. The molecule has 0 aliphatic carbocycles. The number of hydrogen-bond donors (Lipinski definition) is 0. The summed E-state index contributed by atoms with van der Waals surface area (Å²) in [6, 6.07) is 14.2. The van der Waals surface area contributed by atoms with Crippen molar-refractivity contribution < 1.29 is 0 Å². The van der Waals surface area contributed by atoms with Gasteiger partial charge >= 0.3 is 0 Å². The van der Waals surface area contributed by atoms with Gasteiger partial charge in [-0.05, 0) is 29.5 Å².